The molecule has 1 heterocycles. The SMILES string of the molecule is CCOC(=O)c1ccc(NN2C(C)CCCC2C)c(N)c1. The molecule has 5 nitrogen and oxygen atoms in total. The summed E-state index contributed by atoms with van der Waals surface area (Å²) < 4.78 is 4.98. The number of hydrogen-bond acceptors (Lipinski definition) is 5. The Hall–Kier alpha value is -1.75. The third kappa shape index (κ3) is 3.67. The van der Waals surface area contributed by atoms with Gasteiger partial charge in [0.05, 0.1) is 23.5 Å². The van der Waals surface area contributed by atoms with E-state index in [1.165, 1.54) is 19.3 Å². The minimum Gasteiger partial charge on any atom is -0.462 e. The van der Waals surface area contributed by atoms with Crippen LogP contribution in [0.4, 0.5) is 11.4 Å². The third-order valence-electron chi connectivity index (χ3n) is 4.01. The third-order valence-corrected chi connectivity index (χ3v) is 4.01. The lowest BCUT2D eigenvalue weighted by Crippen LogP contribution is -2.47. The second-order valence-corrected chi connectivity index (χ2v) is 5.67. The molecule has 0 bridgehead atoms. The molecular weight excluding hydrogens is 266 g/mol. The molecule has 0 saturated carbocycles. The number of esters is 1. The summed E-state index contributed by atoms with van der Waals surface area (Å²) in [5, 5.41) is 2.25. The maximum Gasteiger partial charge on any atom is 0.338 e. The first-order valence-electron chi connectivity index (χ1n) is 7.64. The van der Waals surface area contributed by atoms with E-state index in [1.54, 1.807) is 19.1 Å². The van der Waals surface area contributed by atoms with Gasteiger partial charge >= 0.3 is 5.97 Å². The molecule has 21 heavy (non-hydrogen) atoms. The zero-order valence-electron chi connectivity index (χ0n) is 13.1. The minimum atomic E-state index is -0.338. The zero-order chi connectivity index (χ0) is 15.4. The summed E-state index contributed by atoms with van der Waals surface area (Å²) in [7, 11) is 0. The number of ether oxygens (including phenoxy) is 1. The zero-order valence-corrected chi connectivity index (χ0v) is 13.1. The van der Waals surface area contributed by atoms with E-state index in [-0.39, 0.29) is 5.97 Å². The van der Waals surface area contributed by atoms with E-state index in [2.05, 4.69) is 24.3 Å². The fourth-order valence-corrected chi connectivity index (χ4v) is 2.79. The highest BCUT2D eigenvalue weighted by Gasteiger charge is 2.25. The molecule has 0 aliphatic carbocycles. The lowest BCUT2D eigenvalue weighted by Gasteiger charge is -2.39. The van der Waals surface area contributed by atoms with Crippen molar-refractivity contribution in [3.8, 4) is 0 Å². The number of hydrogen-bond donors (Lipinski definition) is 2. The van der Waals surface area contributed by atoms with E-state index < -0.39 is 0 Å². The number of carbonyl (C=O) groups excluding carboxylic acids is 1. The van der Waals surface area contributed by atoms with Gasteiger partial charge in [-0.25, -0.2) is 9.80 Å². The van der Waals surface area contributed by atoms with Gasteiger partial charge in [0.2, 0.25) is 0 Å². The van der Waals surface area contributed by atoms with Crippen LogP contribution in [0.25, 0.3) is 0 Å². The van der Waals surface area contributed by atoms with Gasteiger partial charge in [0, 0.05) is 12.1 Å². The van der Waals surface area contributed by atoms with Crippen LogP contribution in [0, 0.1) is 0 Å². The first kappa shape index (κ1) is 15.6. The highest BCUT2D eigenvalue weighted by Crippen LogP contribution is 2.27. The summed E-state index contributed by atoms with van der Waals surface area (Å²) >= 11 is 0. The summed E-state index contributed by atoms with van der Waals surface area (Å²) in [6, 6.07) is 6.20. The molecule has 0 radical (unpaired) electrons. The summed E-state index contributed by atoms with van der Waals surface area (Å²) in [5.41, 5.74) is 11.4. The highest BCUT2D eigenvalue weighted by atomic mass is 16.5. The monoisotopic (exact) mass is 291 g/mol. The Morgan fingerprint density at radius 1 is 1.38 bits per heavy atom. The van der Waals surface area contributed by atoms with Crippen molar-refractivity contribution in [2.45, 2.75) is 52.1 Å². The lowest BCUT2D eigenvalue weighted by atomic mass is 10.00. The van der Waals surface area contributed by atoms with Gasteiger partial charge in [0.25, 0.3) is 0 Å². The summed E-state index contributed by atoms with van der Waals surface area (Å²) in [4.78, 5) is 11.7. The van der Waals surface area contributed by atoms with Crippen LogP contribution >= 0.6 is 0 Å². The fraction of sp³-hybridized carbons (Fsp3) is 0.562. The van der Waals surface area contributed by atoms with Crippen LogP contribution in [0.3, 0.4) is 0 Å². The molecule has 1 saturated heterocycles. The van der Waals surface area contributed by atoms with Gasteiger partial charge < -0.3 is 15.9 Å². The molecule has 3 N–H and O–H groups in total. The molecule has 2 rings (SSSR count). The van der Waals surface area contributed by atoms with Crippen LogP contribution < -0.4 is 11.2 Å². The number of rotatable bonds is 4. The van der Waals surface area contributed by atoms with E-state index in [4.69, 9.17) is 10.5 Å². The Kier molecular flexibility index (Phi) is 5.07. The standard InChI is InChI=1S/C16H25N3O2/c1-4-21-16(20)13-8-9-15(14(17)10-13)18-19-11(2)6-5-7-12(19)3/h8-12,18H,4-7,17H2,1-3H3. The van der Waals surface area contributed by atoms with Gasteiger partial charge in [-0.15, -0.1) is 0 Å². The maximum absolute atomic E-state index is 11.7. The van der Waals surface area contributed by atoms with Crippen LogP contribution in [-0.4, -0.2) is 29.7 Å². The highest BCUT2D eigenvalue weighted by molar-refractivity contribution is 5.91. The molecule has 2 atom stereocenters. The molecule has 2 unspecified atom stereocenters. The first-order valence-corrected chi connectivity index (χ1v) is 7.64. The average molecular weight is 291 g/mol. The smallest absolute Gasteiger partial charge is 0.338 e. The number of carbonyl (C=O) groups is 1. The second kappa shape index (κ2) is 6.80. The van der Waals surface area contributed by atoms with Gasteiger partial charge in [-0.1, -0.05) is 6.42 Å². The number of nitrogens with two attached hydrogens (primary N) is 1. The van der Waals surface area contributed by atoms with Crippen LogP contribution in [0.15, 0.2) is 18.2 Å². The van der Waals surface area contributed by atoms with E-state index in [0.717, 1.165) is 5.69 Å². The van der Waals surface area contributed by atoms with Crippen LogP contribution in [0.1, 0.15) is 50.4 Å². The Morgan fingerprint density at radius 3 is 2.62 bits per heavy atom. The molecule has 0 aromatic heterocycles. The number of nitrogens with one attached hydrogen (secondary N) is 1. The van der Waals surface area contributed by atoms with Gasteiger partial charge in [-0.2, -0.15) is 0 Å². The number of anilines is 2. The van der Waals surface area contributed by atoms with E-state index in [9.17, 15) is 4.79 Å². The quantitative estimate of drug-likeness (QED) is 0.659. The summed E-state index contributed by atoms with van der Waals surface area (Å²) in [6.45, 7) is 6.58. The van der Waals surface area contributed by atoms with Gasteiger partial charge in [-0.05, 0) is 51.8 Å². The normalized spacial score (nSPS) is 22.8. The van der Waals surface area contributed by atoms with Crippen molar-refractivity contribution in [3.05, 3.63) is 23.8 Å². The van der Waals surface area contributed by atoms with Crippen LogP contribution in [-0.2, 0) is 4.74 Å². The van der Waals surface area contributed by atoms with Crippen molar-refractivity contribution in [2.75, 3.05) is 17.8 Å². The average Bonchev–Trinajstić information content (AvgIpc) is 2.44. The van der Waals surface area contributed by atoms with Gasteiger partial charge in [0.15, 0.2) is 0 Å². The predicted octanol–water partition coefficient (Wildman–Crippen LogP) is 3.04. The Labute approximate surface area is 126 Å². The van der Waals surface area contributed by atoms with Gasteiger partial charge in [0.1, 0.15) is 0 Å². The number of benzene rings is 1. The number of nitrogen functional groups attached to an aromatic ring is 1. The molecule has 0 amide bonds. The molecular formula is C16H25N3O2. The molecule has 0 spiro atoms. The van der Waals surface area contributed by atoms with Crippen LogP contribution in [0.2, 0.25) is 0 Å². The van der Waals surface area contributed by atoms with Crippen molar-refractivity contribution in [1.29, 1.82) is 0 Å². The van der Waals surface area contributed by atoms with Gasteiger partial charge in [-0.3, -0.25) is 0 Å². The molecule has 1 aromatic rings. The maximum atomic E-state index is 11.7. The number of hydrazine groups is 1. The first-order chi connectivity index (χ1) is 10.0. The second-order valence-electron chi connectivity index (χ2n) is 5.67. The van der Waals surface area contributed by atoms with Crippen molar-refractivity contribution >= 4 is 17.3 Å². The topological polar surface area (TPSA) is 67.6 Å². The van der Waals surface area contributed by atoms with Crippen molar-refractivity contribution < 1.29 is 9.53 Å². The Morgan fingerprint density at radius 2 is 2.05 bits per heavy atom. The summed E-state index contributed by atoms with van der Waals surface area (Å²) in [5.74, 6) is -0.338. The predicted molar refractivity (Wildman–Crippen MR) is 85.0 cm³/mol. The molecule has 1 aliphatic heterocycles. The lowest BCUT2D eigenvalue weighted by molar-refractivity contribution is 0.0526. The molecule has 5 heteroatoms. The van der Waals surface area contributed by atoms with Crippen LogP contribution in [0.5, 0.6) is 0 Å². The minimum absolute atomic E-state index is 0.338. The molecule has 1 fully saturated rings. The van der Waals surface area contributed by atoms with E-state index in [1.807, 2.05) is 6.07 Å². The molecule has 1 aliphatic rings. The largest absolute Gasteiger partial charge is 0.462 e. The number of piperidine rings is 1. The number of nitrogens with zero attached hydrogens (tertiary/aromatic N) is 1. The van der Waals surface area contributed by atoms with E-state index in [0.29, 0.717) is 29.9 Å². The van der Waals surface area contributed by atoms with E-state index >= 15 is 0 Å². The van der Waals surface area contributed by atoms with Crippen molar-refractivity contribution in [2.24, 2.45) is 0 Å². The Balaban J connectivity index is 2.12. The molecule has 1 aromatic carbocycles. The summed E-state index contributed by atoms with van der Waals surface area (Å²) in [6.07, 6.45) is 3.62. The fourth-order valence-electron chi connectivity index (χ4n) is 2.79. The molecule has 116 valence electrons. The van der Waals surface area contributed by atoms with Crippen molar-refractivity contribution in [3.63, 3.8) is 0 Å². The Bertz CT molecular complexity index is 494. The van der Waals surface area contributed by atoms with Crippen molar-refractivity contribution in [1.82, 2.24) is 5.01 Å².